The maximum Gasteiger partial charge on any atom is 0.0573 e. The molecule has 7 aromatic carbocycles. The molecule has 0 radical (unpaired) electrons. The second-order valence-corrected chi connectivity index (χ2v) is 12.7. The van der Waals surface area contributed by atoms with Crippen LogP contribution in [0.3, 0.4) is 0 Å². The van der Waals surface area contributed by atoms with E-state index in [1.807, 2.05) is 0 Å². The van der Waals surface area contributed by atoms with Crippen LogP contribution in [0.15, 0.2) is 183 Å². The second-order valence-electron chi connectivity index (χ2n) is 12.7. The van der Waals surface area contributed by atoms with Gasteiger partial charge in [-0.2, -0.15) is 0 Å². The van der Waals surface area contributed by atoms with Crippen LogP contribution in [0.2, 0.25) is 0 Å². The number of allylic oxidation sites excluding steroid dienone is 4. The third kappa shape index (κ3) is 5.15. The van der Waals surface area contributed by atoms with Gasteiger partial charge in [0, 0.05) is 45.0 Å². The fourth-order valence-corrected chi connectivity index (χ4v) is 7.33. The van der Waals surface area contributed by atoms with E-state index in [4.69, 9.17) is 0 Å². The number of anilines is 2. The molecule has 0 bridgehead atoms. The third-order valence-electron chi connectivity index (χ3n) is 9.76. The SMILES string of the molecule is C=C1/C=C\C=C/CN(c2ccccc2)c2c1cc(-c1cccc(-c3ccc(-c4ccc5c(c4)[nH]c4ccccc45)cc3)c1)c1ccccc21. The molecule has 0 saturated heterocycles. The molecule has 1 aromatic heterocycles. The summed E-state index contributed by atoms with van der Waals surface area (Å²) in [4.78, 5) is 5.99. The third-order valence-corrected chi connectivity index (χ3v) is 9.76. The molecule has 1 aliphatic rings. The highest BCUT2D eigenvalue weighted by Gasteiger charge is 2.21. The molecule has 0 fully saturated rings. The molecule has 9 rings (SSSR count). The number of rotatable bonds is 4. The summed E-state index contributed by atoms with van der Waals surface area (Å²) in [5.41, 5.74) is 14.0. The lowest BCUT2D eigenvalue weighted by Gasteiger charge is -2.29. The van der Waals surface area contributed by atoms with Crippen molar-refractivity contribution in [3.05, 3.63) is 188 Å². The lowest BCUT2D eigenvalue weighted by atomic mass is 9.89. The Labute approximate surface area is 286 Å². The highest BCUT2D eigenvalue weighted by Crippen LogP contribution is 2.44. The van der Waals surface area contributed by atoms with Gasteiger partial charge in [0.15, 0.2) is 0 Å². The van der Waals surface area contributed by atoms with Crippen molar-refractivity contribution >= 4 is 49.5 Å². The molecule has 0 aliphatic carbocycles. The first-order valence-electron chi connectivity index (χ1n) is 16.8. The monoisotopic (exact) mass is 626 g/mol. The fraction of sp³-hybridized carbons (Fsp3) is 0.0213. The summed E-state index contributed by atoms with van der Waals surface area (Å²) in [7, 11) is 0. The number of benzene rings is 7. The van der Waals surface area contributed by atoms with Gasteiger partial charge in [0.1, 0.15) is 0 Å². The average Bonchev–Trinajstić information content (AvgIpc) is 3.57. The van der Waals surface area contributed by atoms with Gasteiger partial charge in [0.25, 0.3) is 0 Å². The predicted octanol–water partition coefficient (Wildman–Crippen LogP) is 12.8. The van der Waals surface area contributed by atoms with Crippen molar-refractivity contribution in [1.82, 2.24) is 4.98 Å². The second kappa shape index (κ2) is 12.0. The maximum absolute atomic E-state index is 4.55. The molecule has 0 amide bonds. The Hall–Kier alpha value is -6.38. The summed E-state index contributed by atoms with van der Waals surface area (Å²) in [6.45, 7) is 5.31. The van der Waals surface area contributed by atoms with E-state index in [1.165, 1.54) is 66.1 Å². The highest BCUT2D eigenvalue weighted by atomic mass is 15.1. The molecule has 232 valence electrons. The molecule has 1 aliphatic heterocycles. The van der Waals surface area contributed by atoms with Crippen molar-refractivity contribution in [3.8, 4) is 33.4 Å². The van der Waals surface area contributed by atoms with Crippen molar-refractivity contribution in [3.63, 3.8) is 0 Å². The number of para-hydroxylation sites is 2. The minimum absolute atomic E-state index is 0.763. The van der Waals surface area contributed by atoms with Crippen LogP contribution >= 0.6 is 0 Å². The van der Waals surface area contributed by atoms with E-state index in [9.17, 15) is 0 Å². The number of nitrogens with zero attached hydrogens (tertiary/aromatic N) is 1. The molecule has 2 heteroatoms. The Morgan fingerprint density at radius 2 is 1.12 bits per heavy atom. The first-order valence-corrected chi connectivity index (χ1v) is 16.8. The number of fused-ring (bicyclic) bond motifs is 6. The van der Waals surface area contributed by atoms with E-state index in [2.05, 4.69) is 192 Å². The topological polar surface area (TPSA) is 19.0 Å². The van der Waals surface area contributed by atoms with Crippen LogP contribution in [-0.4, -0.2) is 11.5 Å². The fourth-order valence-electron chi connectivity index (χ4n) is 7.33. The zero-order valence-corrected chi connectivity index (χ0v) is 27.1. The zero-order chi connectivity index (χ0) is 32.7. The van der Waals surface area contributed by atoms with Gasteiger partial charge in [-0.1, -0.05) is 146 Å². The van der Waals surface area contributed by atoms with Crippen LogP contribution < -0.4 is 4.90 Å². The molecule has 1 N–H and O–H groups in total. The molecular weight excluding hydrogens is 593 g/mol. The number of aromatic amines is 1. The van der Waals surface area contributed by atoms with E-state index in [1.54, 1.807) is 0 Å². The summed E-state index contributed by atoms with van der Waals surface area (Å²) >= 11 is 0. The van der Waals surface area contributed by atoms with Gasteiger partial charge in [-0.15, -0.1) is 0 Å². The Balaban J connectivity index is 1.12. The van der Waals surface area contributed by atoms with Crippen LogP contribution in [0, 0.1) is 0 Å². The Morgan fingerprint density at radius 1 is 0.469 bits per heavy atom. The van der Waals surface area contributed by atoms with Gasteiger partial charge in [0.2, 0.25) is 0 Å². The molecule has 0 saturated carbocycles. The molecule has 49 heavy (non-hydrogen) atoms. The maximum atomic E-state index is 4.55. The van der Waals surface area contributed by atoms with Crippen molar-refractivity contribution in [2.75, 3.05) is 11.4 Å². The standard InChI is InChI=1S/C47H34N2/c1-32-13-4-3-11-28-49(38-16-5-2-6-17-38)47-42-20-8-7-18-39(42)44(31-43(32)47)37-15-12-14-35(29-37)33-22-24-34(25-23-33)36-26-27-41-40-19-9-10-21-45(40)48-46(41)30-36/h2-27,29-31,48H,1,28H2/b11-3-,13-4-. The van der Waals surface area contributed by atoms with E-state index < -0.39 is 0 Å². The Kier molecular flexibility index (Phi) is 7.06. The zero-order valence-electron chi connectivity index (χ0n) is 27.1. The minimum Gasteiger partial charge on any atom is -0.354 e. The molecule has 8 aromatic rings. The highest BCUT2D eigenvalue weighted by molar-refractivity contribution is 6.10. The summed E-state index contributed by atoms with van der Waals surface area (Å²) < 4.78 is 0. The Bertz CT molecular complexity index is 2580. The van der Waals surface area contributed by atoms with Gasteiger partial charge in [-0.25, -0.2) is 0 Å². The van der Waals surface area contributed by atoms with Gasteiger partial charge in [-0.05, 0) is 80.7 Å². The molecule has 0 spiro atoms. The van der Waals surface area contributed by atoms with E-state index in [-0.39, 0.29) is 0 Å². The van der Waals surface area contributed by atoms with E-state index in [0.717, 1.165) is 28.9 Å². The van der Waals surface area contributed by atoms with Gasteiger partial charge in [-0.3, -0.25) is 0 Å². The lowest BCUT2D eigenvalue weighted by Crippen LogP contribution is -2.18. The van der Waals surface area contributed by atoms with Gasteiger partial charge in [0.05, 0.1) is 5.69 Å². The number of nitrogens with one attached hydrogen (secondary N) is 1. The molecular formula is C47H34N2. The Morgan fingerprint density at radius 3 is 1.94 bits per heavy atom. The predicted molar refractivity (Wildman–Crippen MR) is 210 cm³/mol. The number of hydrogen-bond acceptors (Lipinski definition) is 1. The number of hydrogen-bond donors (Lipinski definition) is 1. The van der Waals surface area contributed by atoms with Crippen LogP contribution in [0.25, 0.3) is 71.5 Å². The summed E-state index contributed by atoms with van der Waals surface area (Å²) in [5.74, 6) is 0. The molecule has 0 unspecified atom stereocenters. The van der Waals surface area contributed by atoms with Crippen LogP contribution in [0.5, 0.6) is 0 Å². The lowest BCUT2D eigenvalue weighted by molar-refractivity contribution is 1.10. The first-order chi connectivity index (χ1) is 24.2. The molecule has 2 heterocycles. The minimum atomic E-state index is 0.763. The summed E-state index contributed by atoms with van der Waals surface area (Å²) in [6.07, 6.45) is 8.54. The van der Waals surface area contributed by atoms with E-state index >= 15 is 0 Å². The van der Waals surface area contributed by atoms with Crippen molar-refractivity contribution < 1.29 is 0 Å². The van der Waals surface area contributed by atoms with Crippen LogP contribution in [0.1, 0.15) is 5.56 Å². The van der Waals surface area contributed by atoms with Gasteiger partial charge < -0.3 is 9.88 Å². The van der Waals surface area contributed by atoms with E-state index in [0.29, 0.717) is 0 Å². The summed E-state index contributed by atoms with van der Waals surface area (Å²) in [5, 5.41) is 4.96. The smallest absolute Gasteiger partial charge is 0.0573 e. The summed E-state index contributed by atoms with van der Waals surface area (Å²) in [6, 6.07) is 54.9. The van der Waals surface area contributed by atoms with Crippen molar-refractivity contribution in [1.29, 1.82) is 0 Å². The number of H-pyrrole nitrogens is 1. The number of aromatic nitrogens is 1. The quantitative estimate of drug-likeness (QED) is 0.206. The molecule has 0 atom stereocenters. The molecule has 2 nitrogen and oxygen atoms in total. The first kappa shape index (κ1) is 28.8. The van der Waals surface area contributed by atoms with Crippen molar-refractivity contribution in [2.24, 2.45) is 0 Å². The van der Waals surface area contributed by atoms with Crippen LogP contribution in [-0.2, 0) is 0 Å². The largest absolute Gasteiger partial charge is 0.354 e. The normalized spacial score (nSPS) is 14.4. The van der Waals surface area contributed by atoms with Gasteiger partial charge >= 0.3 is 0 Å². The average molecular weight is 627 g/mol. The van der Waals surface area contributed by atoms with Crippen LogP contribution in [0.4, 0.5) is 11.4 Å². The van der Waals surface area contributed by atoms with Crippen molar-refractivity contribution in [2.45, 2.75) is 0 Å².